The minimum absolute atomic E-state index is 0.147. The van der Waals surface area contributed by atoms with Crippen LogP contribution in [0.3, 0.4) is 0 Å². The first-order valence-corrected chi connectivity index (χ1v) is 12.7. The summed E-state index contributed by atoms with van der Waals surface area (Å²) >= 11 is 0.147. The molecule has 145 valence electrons. The Hall–Kier alpha value is -1.66. The van der Waals surface area contributed by atoms with E-state index in [1.807, 2.05) is 18.5 Å². The number of hydrogen-bond acceptors (Lipinski definition) is 2. The zero-order chi connectivity index (χ0) is 19.3. The van der Waals surface area contributed by atoms with Crippen molar-refractivity contribution in [3.8, 4) is 0 Å². The molecule has 0 N–H and O–H groups in total. The summed E-state index contributed by atoms with van der Waals surface area (Å²) in [4.78, 5) is 9.24. The van der Waals surface area contributed by atoms with Gasteiger partial charge in [-0.25, -0.2) is 0 Å². The van der Waals surface area contributed by atoms with Crippen LogP contribution in [0.2, 0.25) is 4.71 Å². The molecule has 2 aromatic heterocycles. The summed E-state index contributed by atoms with van der Waals surface area (Å²) in [6.07, 6.45) is 13.7. The number of fused-ring (bicyclic) bond motifs is 1. The molecule has 3 aromatic rings. The van der Waals surface area contributed by atoms with E-state index in [0.29, 0.717) is 0 Å². The minimum atomic E-state index is 0.147. The van der Waals surface area contributed by atoms with Crippen molar-refractivity contribution in [1.29, 1.82) is 0 Å². The zero-order valence-corrected chi connectivity index (χ0v) is 18.9. The van der Waals surface area contributed by atoms with Gasteiger partial charge in [-0.2, -0.15) is 0 Å². The molecule has 1 fully saturated rings. The van der Waals surface area contributed by atoms with E-state index in [2.05, 4.69) is 55.4 Å². The molecule has 0 atom stereocenters. The first-order chi connectivity index (χ1) is 13.7. The van der Waals surface area contributed by atoms with Gasteiger partial charge >= 0.3 is 176 Å². The van der Waals surface area contributed by atoms with Crippen molar-refractivity contribution < 1.29 is 0 Å². The van der Waals surface area contributed by atoms with Crippen LogP contribution in [0, 0.1) is 11.8 Å². The topological polar surface area (TPSA) is 25.8 Å². The van der Waals surface area contributed by atoms with E-state index in [-0.39, 0.29) is 15.8 Å². The van der Waals surface area contributed by atoms with Gasteiger partial charge in [-0.15, -0.1) is 0 Å². The van der Waals surface area contributed by atoms with Crippen LogP contribution in [0.1, 0.15) is 50.7 Å². The Morgan fingerprint density at radius 2 is 1.71 bits per heavy atom. The van der Waals surface area contributed by atoms with E-state index in [0.717, 1.165) is 29.4 Å². The summed E-state index contributed by atoms with van der Waals surface area (Å²) in [5.41, 5.74) is 2.66. The molecule has 1 aliphatic carbocycles. The Labute approximate surface area is 175 Å². The summed E-state index contributed by atoms with van der Waals surface area (Å²) < 4.78 is 2.29. The summed E-state index contributed by atoms with van der Waals surface area (Å²) in [7, 11) is 0. The number of pyridine rings is 2. The maximum atomic E-state index is 4.99. The molecule has 0 spiro atoms. The summed E-state index contributed by atoms with van der Waals surface area (Å²) in [5.74, 6) is 1.78. The molecule has 2 heterocycles. The summed E-state index contributed by atoms with van der Waals surface area (Å²) in [5, 5.41) is 2.81. The van der Waals surface area contributed by atoms with E-state index >= 15 is 0 Å². The van der Waals surface area contributed by atoms with E-state index in [9.17, 15) is 0 Å². The van der Waals surface area contributed by atoms with Crippen molar-refractivity contribution in [2.24, 2.45) is 11.8 Å². The van der Waals surface area contributed by atoms with Gasteiger partial charge in [0.05, 0.1) is 0 Å². The van der Waals surface area contributed by atoms with Gasteiger partial charge in [-0.3, -0.25) is 0 Å². The predicted molar refractivity (Wildman–Crippen MR) is 119 cm³/mol. The molecule has 0 amide bonds. The molecular formula is C25H30AsN2. The van der Waals surface area contributed by atoms with Crippen molar-refractivity contribution in [2.75, 3.05) is 0 Å². The number of aromatic nitrogens is 2. The third kappa shape index (κ3) is 4.66. The van der Waals surface area contributed by atoms with Crippen LogP contribution in [-0.4, -0.2) is 25.7 Å². The van der Waals surface area contributed by atoms with Crippen LogP contribution in [0.5, 0.6) is 0 Å². The monoisotopic (exact) mass is 433 g/mol. The second-order valence-corrected chi connectivity index (χ2v) is 11.4. The Morgan fingerprint density at radius 1 is 0.929 bits per heavy atom. The van der Waals surface area contributed by atoms with Gasteiger partial charge in [0.2, 0.25) is 0 Å². The maximum absolute atomic E-state index is 4.99. The molecule has 0 aliphatic heterocycles. The quantitative estimate of drug-likeness (QED) is 0.488. The number of nitrogens with zero attached hydrogens (tertiary/aromatic N) is 2. The van der Waals surface area contributed by atoms with Crippen molar-refractivity contribution >= 4 is 31.0 Å². The van der Waals surface area contributed by atoms with E-state index in [1.165, 1.54) is 52.1 Å². The number of benzene rings is 1. The Bertz CT molecular complexity index is 899. The molecular weight excluding hydrogens is 403 g/mol. The molecule has 2 nitrogen and oxygen atoms in total. The van der Waals surface area contributed by atoms with Crippen LogP contribution in [0.15, 0.2) is 55.0 Å². The fraction of sp³-hybridized carbons (Fsp3) is 0.440. The van der Waals surface area contributed by atoms with Crippen LogP contribution in [0.4, 0.5) is 0 Å². The fourth-order valence-corrected chi connectivity index (χ4v) is 7.29. The molecule has 1 saturated carbocycles. The summed E-state index contributed by atoms with van der Waals surface area (Å²) in [6.45, 7) is 4.77. The van der Waals surface area contributed by atoms with Crippen molar-refractivity contribution in [2.45, 2.75) is 57.1 Å². The second kappa shape index (κ2) is 9.22. The zero-order valence-electron chi connectivity index (χ0n) is 17.0. The van der Waals surface area contributed by atoms with Gasteiger partial charge in [-0.05, 0) is 0 Å². The molecule has 1 aromatic carbocycles. The van der Waals surface area contributed by atoms with E-state index in [1.54, 1.807) is 0 Å². The van der Waals surface area contributed by atoms with Crippen molar-refractivity contribution in [1.82, 2.24) is 9.97 Å². The predicted octanol–water partition coefficient (Wildman–Crippen LogP) is 5.38. The van der Waals surface area contributed by atoms with Crippen LogP contribution < -0.4 is 4.48 Å². The van der Waals surface area contributed by atoms with Gasteiger partial charge in [0.15, 0.2) is 0 Å². The average molecular weight is 433 g/mol. The van der Waals surface area contributed by atoms with Crippen LogP contribution in [0.25, 0.3) is 10.8 Å². The molecule has 28 heavy (non-hydrogen) atoms. The number of rotatable bonds is 6. The molecule has 4 rings (SSSR count). The standard InChI is InChI=1S/C25H30AsN2/c1-18(2)20-11-13-22(14-12-20)26-25-24-8-4-3-7-23(24)21(17-28-25)10-9-19-6-5-15-27-16-19/h3-8,15-18,20,22H,9-14H2,1-2H3. The Balaban J connectivity index is 1.49. The number of aryl methyl sites for hydroxylation is 2. The van der Waals surface area contributed by atoms with Gasteiger partial charge < -0.3 is 0 Å². The normalized spacial score (nSPS) is 20.4. The summed E-state index contributed by atoms with van der Waals surface area (Å²) in [6, 6.07) is 13.1. The van der Waals surface area contributed by atoms with E-state index < -0.39 is 0 Å². The SMILES string of the molecule is CC(C)C1CCC([As]c2ncc(CCc3cccnc3)c3ccccc23)CC1. The molecule has 0 unspecified atom stereocenters. The molecule has 3 heteroatoms. The average Bonchev–Trinajstić information content (AvgIpc) is 2.74. The van der Waals surface area contributed by atoms with E-state index in [4.69, 9.17) is 4.98 Å². The number of hydrogen-bond donors (Lipinski definition) is 0. The first-order valence-electron chi connectivity index (χ1n) is 10.7. The van der Waals surface area contributed by atoms with Crippen molar-refractivity contribution in [3.63, 3.8) is 0 Å². The third-order valence-corrected chi connectivity index (χ3v) is 9.36. The Morgan fingerprint density at radius 3 is 2.43 bits per heavy atom. The Kier molecular flexibility index (Phi) is 6.47. The van der Waals surface area contributed by atoms with Gasteiger partial charge in [-0.1, -0.05) is 0 Å². The third-order valence-electron chi connectivity index (χ3n) is 6.25. The first kappa shape index (κ1) is 19.6. The van der Waals surface area contributed by atoms with Crippen LogP contribution in [-0.2, 0) is 12.8 Å². The fourth-order valence-electron chi connectivity index (χ4n) is 4.43. The molecule has 1 aliphatic rings. The van der Waals surface area contributed by atoms with Gasteiger partial charge in [0, 0.05) is 0 Å². The van der Waals surface area contributed by atoms with Crippen LogP contribution >= 0.6 is 0 Å². The van der Waals surface area contributed by atoms with Gasteiger partial charge in [0.25, 0.3) is 0 Å². The molecule has 0 saturated heterocycles. The van der Waals surface area contributed by atoms with Crippen molar-refractivity contribution in [3.05, 3.63) is 66.1 Å². The second-order valence-electron chi connectivity index (χ2n) is 8.46. The molecule has 1 radical (unpaired) electrons. The molecule has 0 bridgehead atoms. The van der Waals surface area contributed by atoms with Gasteiger partial charge in [0.1, 0.15) is 0 Å².